The molecule has 0 unspecified atom stereocenters. The molecule has 5 nitrogen and oxygen atoms in total. The van der Waals surface area contributed by atoms with Crippen molar-refractivity contribution in [2.45, 2.75) is 6.54 Å². The average Bonchev–Trinajstić information content (AvgIpc) is 2.78. The van der Waals surface area contributed by atoms with Crippen molar-refractivity contribution < 1.29 is 18.7 Å². The van der Waals surface area contributed by atoms with Gasteiger partial charge in [0.15, 0.2) is 17.6 Å². The van der Waals surface area contributed by atoms with Crippen molar-refractivity contribution >= 4 is 17.3 Å². The summed E-state index contributed by atoms with van der Waals surface area (Å²) in [5.41, 5.74) is 1.07. The van der Waals surface area contributed by atoms with Crippen molar-refractivity contribution in [3.05, 3.63) is 23.5 Å². The first-order valence-electron chi connectivity index (χ1n) is 5.88. The summed E-state index contributed by atoms with van der Waals surface area (Å²) in [6.45, 7) is 0.651. The van der Waals surface area contributed by atoms with Gasteiger partial charge in [-0.05, 0) is 26.2 Å². The van der Waals surface area contributed by atoms with E-state index in [0.29, 0.717) is 29.2 Å². The summed E-state index contributed by atoms with van der Waals surface area (Å²) < 4.78 is 16.3. The fourth-order valence-electron chi connectivity index (χ4n) is 2.05. The van der Waals surface area contributed by atoms with Gasteiger partial charge in [-0.15, -0.1) is 0 Å². The van der Waals surface area contributed by atoms with Gasteiger partial charge in [-0.3, -0.25) is 4.79 Å². The number of carbonyl (C=O) groups excluding carboxylic acids is 1. The van der Waals surface area contributed by atoms with Gasteiger partial charge in [-0.2, -0.15) is 0 Å². The number of nitrogens with zero attached hydrogens (tertiary/aromatic N) is 1. The lowest BCUT2D eigenvalue weighted by atomic mass is 10.1. The number of ether oxygens (including phenoxy) is 2. The van der Waals surface area contributed by atoms with Crippen molar-refractivity contribution in [3.8, 4) is 11.5 Å². The van der Waals surface area contributed by atoms with Crippen LogP contribution < -0.4 is 9.47 Å². The zero-order valence-corrected chi connectivity index (χ0v) is 11.5. The highest BCUT2D eigenvalue weighted by Crippen LogP contribution is 2.39. The molecule has 1 aromatic heterocycles. The van der Waals surface area contributed by atoms with Gasteiger partial charge < -0.3 is 18.8 Å². The van der Waals surface area contributed by atoms with E-state index in [1.54, 1.807) is 13.2 Å². The molecule has 0 saturated heterocycles. The van der Waals surface area contributed by atoms with Gasteiger partial charge in [0.25, 0.3) is 0 Å². The summed E-state index contributed by atoms with van der Waals surface area (Å²) >= 11 is 0. The monoisotopic (exact) mass is 263 g/mol. The molecule has 0 aliphatic rings. The van der Waals surface area contributed by atoms with Crippen molar-refractivity contribution in [1.29, 1.82) is 0 Å². The molecule has 2 aromatic rings. The Kier molecular flexibility index (Phi) is 3.76. The Morgan fingerprint density at radius 2 is 2.00 bits per heavy atom. The fourth-order valence-corrected chi connectivity index (χ4v) is 2.05. The Morgan fingerprint density at radius 1 is 1.26 bits per heavy atom. The van der Waals surface area contributed by atoms with Gasteiger partial charge in [-0.1, -0.05) is 0 Å². The lowest BCUT2D eigenvalue weighted by Crippen LogP contribution is -2.09. The summed E-state index contributed by atoms with van der Waals surface area (Å²) in [4.78, 5) is 13.2. The van der Waals surface area contributed by atoms with Crippen molar-refractivity contribution in [2.75, 3.05) is 28.3 Å². The van der Waals surface area contributed by atoms with Crippen LogP contribution in [0.1, 0.15) is 16.1 Å². The number of rotatable bonds is 5. The van der Waals surface area contributed by atoms with Crippen LogP contribution in [0.15, 0.2) is 16.5 Å². The molecule has 0 aliphatic heterocycles. The van der Waals surface area contributed by atoms with Crippen molar-refractivity contribution in [1.82, 2.24) is 4.90 Å². The van der Waals surface area contributed by atoms with Crippen LogP contribution in [-0.4, -0.2) is 39.5 Å². The van der Waals surface area contributed by atoms with Crippen LogP contribution in [0.4, 0.5) is 0 Å². The molecule has 0 spiro atoms. The van der Waals surface area contributed by atoms with E-state index in [2.05, 4.69) is 0 Å². The predicted molar refractivity (Wildman–Crippen MR) is 72.1 cm³/mol. The summed E-state index contributed by atoms with van der Waals surface area (Å²) in [5, 5.41) is 0.740. The molecule has 0 amide bonds. The van der Waals surface area contributed by atoms with E-state index in [1.807, 2.05) is 25.1 Å². The van der Waals surface area contributed by atoms with Gasteiger partial charge in [0.2, 0.25) is 5.75 Å². The number of furan rings is 1. The van der Waals surface area contributed by atoms with Crippen LogP contribution >= 0.6 is 0 Å². The second-order valence-corrected chi connectivity index (χ2v) is 4.51. The first kappa shape index (κ1) is 13.4. The first-order valence-corrected chi connectivity index (χ1v) is 5.88. The Balaban J connectivity index is 2.68. The van der Waals surface area contributed by atoms with Crippen LogP contribution in [0.3, 0.4) is 0 Å². The summed E-state index contributed by atoms with van der Waals surface area (Å²) in [6, 6.07) is 3.52. The van der Waals surface area contributed by atoms with E-state index in [4.69, 9.17) is 13.9 Å². The fraction of sp³-hybridized carbons (Fsp3) is 0.357. The Morgan fingerprint density at radius 3 is 2.53 bits per heavy atom. The highest BCUT2D eigenvalue weighted by Gasteiger charge is 2.18. The topological polar surface area (TPSA) is 51.9 Å². The molecule has 0 N–H and O–H groups in total. The third kappa shape index (κ3) is 2.42. The van der Waals surface area contributed by atoms with E-state index >= 15 is 0 Å². The van der Waals surface area contributed by atoms with E-state index in [9.17, 15) is 4.79 Å². The second kappa shape index (κ2) is 5.32. The molecular weight excluding hydrogens is 246 g/mol. The molecule has 0 radical (unpaired) electrons. The molecule has 5 heteroatoms. The number of carbonyl (C=O) groups is 1. The third-order valence-electron chi connectivity index (χ3n) is 2.83. The normalized spacial score (nSPS) is 11.0. The zero-order chi connectivity index (χ0) is 14.0. The van der Waals surface area contributed by atoms with Gasteiger partial charge >= 0.3 is 0 Å². The Labute approximate surface area is 111 Å². The van der Waals surface area contributed by atoms with Crippen LogP contribution in [0.25, 0.3) is 11.0 Å². The predicted octanol–water partition coefficient (Wildman–Crippen LogP) is 2.32. The number of benzene rings is 1. The van der Waals surface area contributed by atoms with Crippen LogP contribution in [0.5, 0.6) is 11.5 Å². The summed E-state index contributed by atoms with van der Waals surface area (Å²) in [5.74, 6) is 1.77. The molecule has 0 fully saturated rings. The highest BCUT2D eigenvalue weighted by atomic mass is 16.5. The molecule has 1 heterocycles. The quantitative estimate of drug-likeness (QED) is 0.775. The SMILES string of the molecule is COc1cc(C=O)c2cc(CN(C)C)oc2c1OC. The van der Waals surface area contributed by atoms with Gasteiger partial charge in [0.1, 0.15) is 5.76 Å². The Bertz CT molecular complexity index is 601. The lowest BCUT2D eigenvalue weighted by Gasteiger charge is -2.08. The minimum absolute atomic E-state index is 0.489. The number of hydrogen-bond acceptors (Lipinski definition) is 5. The highest BCUT2D eigenvalue weighted by molar-refractivity contribution is 6.00. The number of aldehydes is 1. The maximum atomic E-state index is 11.2. The molecule has 0 atom stereocenters. The van der Waals surface area contributed by atoms with E-state index in [1.165, 1.54) is 7.11 Å². The molecule has 2 rings (SSSR count). The average molecular weight is 263 g/mol. The minimum atomic E-state index is 0.489. The number of fused-ring (bicyclic) bond motifs is 1. The maximum absolute atomic E-state index is 11.2. The molecule has 102 valence electrons. The molecule has 0 bridgehead atoms. The van der Waals surface area contributed by atoms with Gasteiger partial charge in [0.05, 0.1) is 20.8 Å². The van der Waals surface area contributed by atoms with E-state index in [-0.39, 0.29) is 0 Å². The smallest absolute Gasteiger partial charge is 0.204 e. The van der Waals surface area contributed by atoms with Gasteiger partial charge in [-0.25, -0.2) is 0 Å². The van der Waals surface area contributed by atoms with Crippen LogP contribution in [0.2, 0.25) is 0 Å². The largest absolute Gasteiger partial charge is 0.493 e. The summed E-state index contributed by atoms with van der Waals surface area (Å²) in [6.07, 6.45) is 0.791. The van der Waals surface area contributed by atoms with Crippen LogP contribution in [-0.2, 0) is 6.54 Å². The maximum Gasteiger partial charge on any atom is 0.204 e. The summed E-state index contributed by atoms with van der Waals surface area (Å²) in [7, 11) is 6.98. The standard InChI is InChI=1S/C14H17NO4/c1-15(2)7-10-6-11-9(8-16)5-12(17-3)14(18-4)13(11)19-10/h5-6,8H,7H2,1-4H3. The molecule has 0 aliphatic carbocycles. The lowest BCUT2D eigenvalue weighted by molar-refractivity contribution is 0.112. The van der Waals surface area contributed by atoms with Gasteiger partial charge in [0, 0.05) is 10.9 Å². The Hall–Kier alpha value is -2.01. The van der Waals surface area contributed by atoms with Crippen LogP contribution in [0, 0.1) is 0 Å². The van der Waals surface area contributed by atoms with E-state index < -0.39 is 0 Å². The van der Waals surface area contributed by atoms with E-state index in [0.717, 1.165) is 17.4 Å². The third-order valence-corrected chi connectivity index (χ3v) is 2.83. The van der Waals surface area contributed by atoms with Crippen molar-refractivity contribution in [2.24, 2.45) is 0 Å². The molecule has 0 saturated carbocycles. The number of hydrogen-bond donors (Lipinski definition) is 0. The molecule has 1 aromatic carbocycles. The zero-order valence-electron chi connectivity index (χ0n) is 11.5. The second-order valence-electron chi connectivity index (χ2n) is 4.51. The minimum Gasteiger partial charge on any atom is -0.493 e. The molecular formula is C14H17NO4. The molecule has 19 heavy (non-hydrogen) atoms. The number of methoxy groups -OCH3 is 2. The first-order chi connectivity index (χ1) is 9.10. The van der Waals surface area contributed by atoms with Crippen molar-refractivity contribution in [3.63, 3.8) is 0 Å².